The minimum atomic E-state index is 0.767. The van der Waals surface area contributed by atoms with Crippen LogP contribution in [0.25, 0.3) is 5.57 Å². The second-order valence-corrected chi connectivity index (χ2v) is 9.27. The summed E-state index contributed by atoms with van der Waals surface area (Å²) in [6.45, 7) is 21.2. The van der Waals surface area contributed by atoms with Gasteiger partial charge in [0.25, 0.3) is 0 Å². The molecule has 1 aromatic carbocycles. The van der Waals surface area contributed by atoms with Crippen molar-refractivity contribution < 1.29 is 0 Å². The minimum absolute atomic E-state index is 0.767. The predicted octanol–water partition coefficient (Wildman–Crippen LogP) is 9.27. The molecule has 0 spiro atoms. The molecule has 1 heteroatoms. The van der Waals surface area contributed by atoms with E-state index in [-0.39, 0.29) is 0 Å². The minimum Gasteiger partial charge on any atom is -0.311 e. The van der Waals surface area contributed by atoms with Gasteiger partial charge in [-0.3, -0.25) is 0 Å². The van der Waals surface area contributed by atoms with Crippen molar-refractivity contribution >= 4 is 5.57 Å². The van der Waals surface area contributed by atoms with E-state index in [1.54, 1.807) is 0 Å². The fourth-order valence-electron chi connectivity index (χ4n) is 4.62. The highest BCUT2D eigenvalue weighted by atomic mass is 14.9. The predicted molar refractivity (Wildman–Crippen MR) is 146 cm³/mol. The Labute approximate surface area is 199 Å². The Bertz CT molecular complexity index is 739. The van der Waals surface area contributed by atoms with E-state index in [0.29, 0.717) is 0 Å². The van der Waals surface area contributed by atoms with Crippen LogP contribution in [0.1, 0.15) is 102 Å². The Balaban J connectivity index is 0.000000324. The SMILES string of the molecule is C=CC1=C(C=C)CC(c2cc(C)ccc2C)=C1.CCCC(CCC)NC(CCC)CCC. The molecule has 0 aromatic heterocycles. The molecule has 32 heavy (non-hydrogen) atoms. The van der Waals surface area contributed by atoms with Gasteiger partial charge in [-0.1, -0.05) is 109 Å². The van der Waals surface area contributed by atoms with Gasteiger partial charge in [-0.05, 0) is 73.8 Å². The first-order chi connectivity index (χ1) is 15.4. The summed E-state index contributed by atoms with van der Waals surface area (Å²) >= 11 is 0. The number of allylic oxidation sites excluding steroid dienone is 6. The number of nitrogens with one attached hydrogen (secondary N) is 1. The van der Waals surface area contributed by atoms with E-state index in [1.807, 2.05) is 12.2 Å². The highest BCUT2D eigenvalue weighted by molar-refractivity contribution is 5.78. The lowest BCUT2D eigenvalue weighted by molar-refractivity contribution is 0.352. The molecule has 2 rings (SSSR count). The molecule has 0 bridgehead atoms. The molecule has 0 atom stereocenters. The van der Waals surface area contributed by atoms with E-state index >= 15 is 0 Å². The van der Waals surface area contributed by atoms with Crippen molar-refractivity contribution in [2.24, 2.45) is 0 Å². The number of hydrogen-bond donors (Lipinski definition) is 1. The monoisotopic (exact) mass is 435 g/mol. The maximum absolute atomic E-state index is 3.87. The lowest BCUT2D eigenvalue weighted by Crippen LogP contribution is -2.38. The average Bonchev–Trinajstić information content (AvgIpc) is 3.20. The molecule has 1 nitrogen and oxygen atoms in total. The zero-order valence-corrected chi connectivity index (χ0v) is 21.9. The first-order valence-corrected chi connectivity index (χ1v) is 13.0. The third kappa shape index (κ3) is 9.33. The van der Waals surface area contributed by atoms with Crippen molar-refractivity contribution in [1.82, 2.24) is 5.32 Å². The Hall–Kier alpha value is -1.86. The van der Waals surface area contributed by atoms with Crippen LogP contribution in [0.5, 0.6) is 0 Å². The molecule has 0 radical (unpaired) electrons. The highest BCUT2D eigenvalue weighted by Crippen LogP contribution is 2.35. The summed E-state index contributed by atoms with van der Waals surface area (Å²) in [5.41, 5.74) is 7.83. The second kappa shape index (κ2) is 15.9. The molecule has 0 saturated heterocycles. The van der Waals surface area contributed by atoms with Gasteiger partial charge in [0.1, 0.15) is 0 Å². The van der Waals surface area contributed by atoms with Crippen LogP contribution in [0.3, 0.4) is 0 Å². The molecule has 0 fully saturated rings. The summed E-state index contributed by atoms with van der Waals surface area (Å²) < 4.78 is 0. The van der Waals surface area contributed by atoms with Gasteiger partial charge in [0.05, 0.1) is 0 Å². The van der Waals surface area contributed by atoms with E-state index < -0.39 is 0 Å². The molecule has 1 aromatic rings. The summed E-state index contributed by atoms with van der Waals surface area (Å²) in [4.78, 5) is 0. The topological polar surface area (TPSA) is 12.0 Å². The third-order valence-corrected chi connectivity index (χ3v) is 6.31. The van der Waals surface area contributed by atoms with Crippen molar-refractivity contribution in [2.45, 2.75) is 111 Å². The lowest BCUT2D eigenvalue weighted by atomic mass is 9.96. The summed E-state index contributed by atoms with van der Waals surface area (Å²) in [7, 11) is 0. The van der Waals surface area contributed by atoms with Gasteiger partial charge >= 0.3 is 0 Å². The van der Waals surface area contributed by atoms with Gasteiger partial charge in [0, 0.05) is 12.1 Å². The van der Waals surface area contributed by atoms with Crippen molar-refractivity contribution in [2.75, 3.05) is 0 Å². The van der Waals surface area contributed by atoms with Crippen molar-refractivity contribution in [1.29, 1.82) is 0 Å². The Kier molecular flexibility index (Phi) is 14.0. The Morgan fingerprint density at radius 2 is 1.38 bits per heavy atom. The van der Waals surface area contributed by atoms with Crippen molar-refractivity contribution in [3.8, 4) is 0 Å². The quantitative estimate of drug-likeness (QED) is 0.325. The zero-order valence-electron chi connectivity index (χ0n) is 21.9. The van der Waals surface area contributed by atoms with Crippen LogP contribution in [0.4, 0.5) is 0 Å². The smallest absolute Gasteiger partial charge is 0.00694 e. The van der Waals surface area contributed by atoms with Crippen LogP contribution in [0, 0.1) is 13.8 Å². The molecule has 1 aliphatic rings. The van der Waals surface area contributed by atoms with E-state index in [0.717, 1.165) is 18.5 Å². The lowest BCUT2D eigenvalue weighted by Gasteiger charge is -2.25. The molecule has 0 saturated carbocycles. The van der Waals surface area contributed by atoms with Crippen LogP contribution >= 0.6 is 0 Å². The average molecular weight is 436 g/mol. The maximum atomic E-state index is 3.87. The Morgan fingerprint density at radius 3 is 1.78 bits per heavy atom. The molecular weight excluding hydrogens is 386 g/mol. The molecule has 1 aliphatic carbocycles. The molecule has 178 valence electrons. The fourth-order valence-corrected chi connectivity index (χ4v) is 4.62. The van der Waals surface area contributed by atoms with Crippen molar-refractivity contribution in [3.05, 3.63) is 77.4 Å². The molecule has 1 N–H and O–H groups in total. The largest absolute Gasteiger partial charge is 0.311 e. The van der Waals surface area contributed by atoms with Gasteiger partial charge in [-0.25, -0.2) is 0 Å². The van der Waals surface area contributed by atoms with Crippen LogP contribution in [-0.4, -0.2) is 12.1 Å². The van der Waals surface area contributed by atoms with Crippen LogP contribution in [0.15, 0.2) is 60.7 Å². The standard InChI is InChI=1S/C17H18.C14H31N/c1-5-14-10-16(11-15(14)6-2)17-9-12(3)7-8-13(17)4;1-5-9-13(10-6-2)15-14(11-7-3)12-8-4/h5-10H,1-2,11H2,3-4H3;13-15H,5-12H2,1-4H3. The van der Waals surface area contributed by atoms with E-state index in [9.17, 15) is 0 Å². The Morgan fingerprint density at radius 1 is 0.844 bits per heavy atom. The van der Waals surface area contributed by atoms with Gasteiger partial charge in [-0.15, -0.1) is 0 Å². The maximum Gasteiger partial charge on any atom is 0.00694 e. The van der Waals surface area contributed by atoms with Crippen LogP contribution < -0.4 is 5.32 Å². The van der Waals surface area contributed by atoms with Gasteiger partial charge in [0.15, 0.2) is 0 Å². The van der Waals surface area contributed by atoms with Crippen LogP contribution in [-0.2, 0) is 0 Å². The normalized spacial score (nSPS) is 13.3. The van der Waals surface area contributed by atoms with Gasteiger partial charge < -0.3 is 5.32 Å². The zero-order chi connectivity index (χ0) is 23.9. The summed E-state index contributed by atoms with van der Waals surface area (Å²) in [5.74, 6) is 0. The van der Waals surface area contributed by atoms with Crippen molar-refractivity contribution in [3.63, 3.8) is 0 Å². The van der Waals surface area contributed by atoms with E-state index in [4.69, 9.17) is 0 Å². The summed E-state index contributed by atoms with van der Waals surface area (Å²) in [5, 5.41) is 3.86. The third-order valence-electron chi connectivity index (χ3n) is 6.31. The first-order valence-electron chi connectivity index (χ1n) is 13.0. The second-order valence-electron chi connectivity index (χ2n) is 9.27. The number of benzene rings is 1. The number of hydrogen-bond acceptors (Lipinski definition) is 1. The molecule has 0 amide bonds. The fraction of sp³-hybridized carbons (Fsp3) is 0.548. The molecular formula is C31H49N. The molecule has 0 unspecified atom stereocenters. The molecule has 0 aliphatic heterocycles. The molecule has 0 heterocycles. The van der Waals surface area contributed by atoms with Gasteiger partial charge in [-0.2, -0.15) is 0 Å². The van der Waals surface area contributed by atoms with E-state index in [1.165, 1.54) is 84.8 Å². The first kappa shape index (κ1) is 28.2. The summed E-state index contributed by atoms with van der Waals surface area (Å²) in [6, 6.07) is 8.13. The number of rotatable bonds is 13. The highest BCUT2D eigenvalue weighted by Gasteiger charge is 2.15. The van der Waals surface area contributed by atoms with Crippen LogP contribution in [0.2, 0.25) is 0 Å². The summed E-state index contributed by atoms with van der Waals surface area (Å²) in [6.07, 6.45) is 17.7. The van der Waals surface area contributed by atoms with E-state index in [2.05, 4.69) is 84.3 Å². The van der Waals surface area contributed by atoms with Gasteiger partial charge in [0.2, 0.25) is 0 Å². The number of aryl methyl sites for hydroxylation is 2.